The topological polar surface area (TPSA) is 106 Å². The maximum absolute atomic E-state index is 13.3. The maximum atomic E-state index is 13.3. The zero-order chi connectivity index (χ0) is 42.2. The van der Waals surface area contributed by atoms with Crippen LogP contribution >= 0.6 is 11.6 Å². The molecule has 0 aliphatic carbocycles. The molecule has 7 rings (SSSR count). The number of nitrogens with zero attached hydrogens (tertiary/aromatic N) is 6. The smallest absolute Gasteiger partial charge is 0.354 e. The van der Waals surface area contributed by atoms with Gasteiger partial charge in [0.25, 0.3) is 8.32 Å². The van der Waals surface area contributed by atoms with Crippen LogP contribution in [-0.4, -0.2) is 70.6 Å². The van der Waals surface area contributed by atoms with Gasteiger partial charge in [-0.3, -0.25) is 19.1 Å². The van der Waals surface area contributed by atoms with Gasteiger partial charge in [-0.1, -0.05) is 99.1 Å². The lowest BCUT2D eigenvalue weighted by molar-refractivity contribution is -0.140. The van der Waals surface area contributed by atoms with Gasteiger partial charge in [-0.2, -0.15) is 10.2 Å². The predicted octanol–water partition coefficient (Wildman–Crippen LogP) is 7.67. The van der Waals surface area contributed by atoms with Gasteiger partial charge in [0.05, 0.1) is 60.2 Å². The van der Waals surface area contributed by atoms with Gasteiger partial charge in [0.1, 0.15) is 5.69 Å². The third-order valence-corrected chi connectivity index (χ3v) is 17.3. The van der Waals surface area contributed by atoms with Gasteiger partial charge in [-0.25, -0.2) is 4.79 Å². The van der Waals surface area contributed by atoms with Crippen LogP contribution in [0.5, 0.6) is 0 Å². The molecular weight excluding hydrogens is 780 g/mol. The second kappa shape index (κ2) is 16.9. The van der Waals surface area contributed by atoms with Crippen molar-refractivity contribution in [2.75, 3.05) is 21.3 Å². The van der Waals surface area contributed by atoms with Crippen molar-refractivity contribution >= 4 is 53.1 Å². The van der Waals surface area contributed by atoms with Crippen LogP contribution in [-0.2, 0) is 58.9 Å². The van der Waals surface area contributed by atoms with Gasteiger partial charge >= 0.3 is 11.9 Å². The number of aryl methyl sites for hydroxylation is 5. The molecule has 59 heavy (non-hydrogen) atoms. The van der Waals surface area contributed by atoms with E-state index in [1.54, 1.807) is 0 Å². The first-order valence-corrected chi connectivity index (χ1v) is 22.5. The van der Waals surface area contributed by atoms with Crippen LogP contribution < -0.4 is 10.4 Å². The lowest BCUT2D eigenvalue weighted by atomic mass is 9.92. The van der Waals surface area contributed by atoms with Gasteiger partial charge in [-0.15, -0.1) is 0 Å². The van der Waals surface area contributed by atoms with E-state index >= 15 is 0 Å². The van der Waals surface area contributed by atoms with Crippen LogP contribution in [0.1, 0.15) is 84.9 Å². The van der Waals surface area contributed by atoms with Crippen LogP contribution in [0.3, 0.4) is 0 Å². The molecule has 13 heteroatoms. The molecule has 11 nitrogen and oxygen atoms in total. The fourth-order valence-corrected chi connectivity index (χ4v) is 14.1. The third kappa shape index (κ3) is 7.67. The lowest BCUT2D eigenvalue weighted by Gasteiger charge is -2.43. The zero-order valence-electron chi connectivity index (χ0n) is 35.6. The summed E-state index contributed by atoms with van der Waals surface area (Å²) in [6.07, 6.45) is 2.31. The molecule has 4 heterocycles. The number of hydrogen-bond acceptors (Lipinski definition) is 8. The van der Waals surface area contributed by atoms with Gasteiger partial charge < -0.3 is 18.5 Å². The summed E-state index contributed by atoms with van der Waals surface area (Å²) in [5.74, 6) is -0.838. The van der Waals surface area contributed by atoms with Crippen LogP contribution in [0.2, 0.25) is 10.1 Å². The van der Waals surface area contributed by atoms with Crippen molar-refractivity contribution in [3.63, 3.8) is 0 Å². The van der Waals surface area contributed by atoms with E-state index in [0.29, 0.717) is 30.3 Å². The highest BCUT2D eigenvalue weighted by molar-refractivity contribution is 6.99. The van der Waals surface area contributed by atoms with Crippen LogP contribution in [0.4, 0.5) is 0 Å². The number of halogens is 1. The van der Waals surface area contributed by atoms with Crippen molar-refractivity contribution in [1.29, 1.82) is 0 Å². The van der Waals surface area contributed by atoms with Crippen molar-refractivity contribution in [3.05, 3.63) is 118 Å². The van der Waals surface area contributed by atoms with E-state index in [1.807, 2.05) is 42.4 Å². The van der Waals surface area contributed by atoms with Crippen molar-refractivity contribution in [3.8, 4) is 11.1 Å². The molecule has 1 atom stereocenters. The summed E-state index contributed by atoms with van der Waals surface area (Å²) < 4.78 is 23.4. The average molecular weight is 836 g/mol. The van der Waals surface area contributed by atoms with Crippen LogP contribution in [0.25, 0.3) is 22.0 Å². The molecule has 0 bridgehead atoms. The molecule has 0 fully saturated rings. The largest absolute Gasteiger partial charge is 0.469 e. The summed E-state index contributed by atoms with van der Waals surface area (Å²) in [5, 5.41) is 13.8. The van der Waals surface area contributed by atoms with Gasteiger partial charge in [0.15, 0.2) is 0 Å². The highest BCUT2D eigenvalue weighted by Crippen LogP contribution is 2.46. The summed E-state index contributed by atoms with van der Waals surface area (Å²) in [7, 11) is 5.97. The second-order valence-electron chi connectivity index (χ2n) is 16.6. The van der Waals surface area contributed by atoms with Crippen LogP contribution in [0.15, 0.2) is 78.9 Å². The lowest BCUT2D eigenvalue weighted by Crippen LogP contribution is -2.66. The van der Waals surface area contributed by atoms with E-state index in [-0.39, 0.29) is 23.5 Å². The van der Waals surface area contributed by atoms with E-state index in [2.05, 4.69) is 104 Å². The number of ether oxygens (including phenoxy) is 2. The summed E-state index contributed by atoms with van der Waals surface area (Å²) in [5.41, 5.74) is 7.54. The third-order valence-electron chi connectivity index (χ3n) is 12.0. The minimum atomic E-state index is -2.75. The Labute approximate surface area is 352 Å². The Bertz CT molecular complexity index is 2450. The number of aromatic nitrogens is 5. The number of carbonyl (C=O) groups excluding carboxylic acids is 2. The molecule has 0 radical (unpaired) electrons. The van der Waals surface area contributed by atoms with Crippen molar-refractivity contribution in [1.82, 2.24) is 29.0 Å². The minimum Gasteiger partial charge on any atom is -0.469 e. The molecular formula is C46H55ClN6O5Si. The van der Waals surface area contributed by atoms with Crippen molar-refractivity contribution in [2.24, 2.45) is 14.1 Å². The first-order chi connectivity index (χ1) is 28.2. The minimum absolute atomic E-state index is 0.00392. The average Bonchev–Trinajstić information content (AvgIpc) is 3.85. The first kappa shape index (κ1) is 42.1. The molecule has 3 aromatic heterocycles. The monoisotopic (exact) mass is 834 g/mol. The summed E-state index contributed by atoms with van der Waals surface area (Å²) in [4.78, 5) is 27.9. The summed E-state index contributed by atoms with van der Waals surface area (Å²) >= 11 is 7.18. The second-order valence-corrected chi connectivity index (χ2v) is 21.3. The summed E-state index contributed by atoms with van der Waals surface area (Å²) in [6.45, 7) is 10.7. The highest BCUT2D eigenvalue weighted by Gasteiger charge is 2.50. The molecule has 0 spiro atoms. The van der Waals surface area contributed by atoms with Gasteiger partial charge in [0.2, 0.25) is 0 Å². The van der Waals surface area contributed by atoms with E-state index in [4.69, 9.17) is 35.7 Å². The Balaban J connectivity index is 1.23. The van der Waals surface area contributed by atoms with E-state index < -0.39 is 14.3 Å². The molecule has 1 aliphatic rings. The van der Waals surface area contributed by atoms with Crippen LogP contribution in [0, 0.1) is 6.92 Å². The van der Waals surface area contributed by atoms with Crippen molar-refractivity contribution < 1.29 is 23.5 Å². The molecule has 6 aromatic rings. The number of methoxy groups -OCH3 is 2. The Hall–Kier alpha value is -5.01. The fraction of sp³-hybridized carbons (Fsp3) is 0.391. The SMILES string of the molecule is COC(=O)CCc1c(C(=O)OC)n(C)c2c(-c3c(C)nn4c3[C@H](N(C)Cc3cc(CO[Si](c5ccccc5)(c5ccccc5)C(C)(C)C)n(C)n3)CCC4)c(Cl)ccc12. The van der Waals surface area contributed by atoms with E-state index in [1.165, 1.54) is 24.6 Å². The number of fused-ring (bicyclic) bond motifs is 2. The van der Waals surface area contributed by atoms with E-state index in [0.717, 1.165) is 69.8 Å². The Morgan fingerprint density at radius 3 is 2.20 bits per heavy atom. The number of hydrogen-bond donors (Lipinski definition) is 0. The van der Waals surface area contributed by atoms with Gasteiger partial charge in [-0.05, 0) is 66.3 Å². The molecule has 0 unspecified atom stereocenters. The fourth-order valence-electron chi connectivity index (χ4n) is 9.29. The number of benzene rings is 3. The first-order valence-electron chi connectivity index (χ1n) is 20.2. The predicted molar refractivity (Wildman–Crippen MR) is 235 cm³/mol. The highest BCUT2D eigenvalue weighted by atomic mass is 35.5. The Kier molecular flexibility index (Phi) is 12.1. The Morgan fingerprint density at radius 1 is 0.932 bits per heavy atom. The quantitative estimate of drug-likeness (QED) is 0.0863. The van der Waals surface area contributed by atoms with E-state index in [9.17, 15) is 9.59 Å². The molecule has 3 aromatic carbocycles. The molecule has 0 N–H and O–H groups in total. The summed E-state index contributed by atoms with van der Waals surface area (Å²) in [6, 6.07) is 27.4. The number of rotatable bonds is 13. The van der Waals surface area contributed by atoms with Crippen molar-refractivity contribution in [2.45, 2.75) is 84.2 Å². The maximum Gasteiger partial charge on any atom is 0.354 e. The Morgan fingerprint density at radius 2 is 1.59 bits per heavy atom. The molecule has 0 saturated heterocycles. The molecule has 1 aliphatic heterocycles. The van der Waals surface area contributed by atoms with Gasteiger partial charge in [0, 0.05) is 50.1 Å². The number of carbonyl (C=O) groups is 2. The zero-order valence-corrected chi connectivity index (χ0v) is 37.4. The normalized spacial score (nSPS) is 14.5. The molecule has 0 saturated carbocycles. The molecule has 0 amide bonds. The standard InChI is InChI=1S/C46H55ClN6O5Si/c1-30-40(41-37(47)24-22-35-36(23-25-39(54)56-8)43(45(55)57-9)51(6)42(35)41)44-38(21-16-26-53(44)48-30)50(5)28-31-27-32(52(7)49-31)29-58-59(46(2,3)4,33-17-12-10-13-18-33)34-19-14-11-15-20-34/h10-15,17-20,22,24,27,38H,16,21,23,25-26,28-29H2,1-9H3/t38-/m1/s1. The molecule has 310 valence electrons. The number of esters is 2.